The van der Waals surface area contributed by atoms with Crippen LogP contribution in [0.5, 0.6) is 0 Å². The zero-order chi connectivity index (χ0) is 37.9. The molecule has 54 heavy (non-hydrogen) atoms. The van der Waals surface area contributed by atoms with Crippen LogP contribution in [0, 0.1) is 35.9 Å². The molecule has 6 heterocycles. The number of amides is 1. The van der Waals surface area contributed by atoms with E-state index in [0.717, 1.165) is 66.3 Å². The second-order valence-corrected chi connectivity index (χ2v) is 15.2. The third-order valence-electron chi connectivity index (χ3n) is 10.7. The van der Waals surface area contributed by atoms with E-state index in [0.29, 0.717) is 45.0 Å². The molecule has 3 saturated heterocycles. The van der Waals surface area contributed by atoms with Gasteiger partial charge in [0.1, 0.15) is 5.52 Å². The highest BCUT2D eigenvalue weighted by Crippen LogP contribution is 2.43. The lowest BCUT2D eigenvalue weighted by molar-refractivity contribution is -0.133. The monoisotopic (exact) mass is 768 g/mol. The van der Waals surface area contributed by atoms with E-state index >= 15 is 4.39 Å². The molecule has 14 heteroatoms. The van der Waals surface area contributed by atoms with Gasteiger partial charge in [0.2, 0.25) is 5.91 Å². The van der Waals surface area contributed by atoms with Gasteiger partial charge in [-0.15, -0.1) is 5.10 Å². The minimum atomic E-state index is -0.484. The number of carbonyl (C=O) groups is 1. The molecule has 280 valence electrons. The van der Waals surface area contributed by atoms with Crippen molar-refractivity contribution >= 4 is 56.8 Å². The first-order chi connectivity index (χ1) is 26.2. The Morgan fingerprint density at radius 2 is 1.98 bits per heavy atom. The lowest BCUT2D eigenvalue weighted by Gasteiger charge is -2.24. The summed E-state index contributed by atoms with van der Waals surface area (Å²) in [5.41, 5.74) is 12.5. The Balaban J connectivity index is 0.000000215. The van der Waals surface area contributed by atoms with Crippen LogP contribution in [0.2, 0.25) is 10.0 Å². The molecule has 2 aliphatic carbocycles. The molecule has 5 aliphatic rings. The first kappa shape index (κ1) is 37.5. The fraction of sp³-hybridized carbons (Fsp3) is 0.375. The number of nitrogens with zero attached hydrogens (tertiary/aromatic N) is 5. The SMILES string of the molecule is C1NC2CC1C2.Cc1nc2c(F)c(-c3cccc(Cl)c3Cl)c(CCC#N)cc2c2[nH]c(C3CCCN3C(=O)C3CC3)cc12.NN/N=C(\N)c1cccnc1. The molecule has 3 aromatic heterocycles. The molecular formula is C40H43Cl2FN10O. The maximum absolute atomic E-state index is 16.3. The number of hydrogen-bond acceptors (Lipinski definition) is 8. The molecule has 5 aromatic rings. The number of carbonyl (C=O) groups excluding carboxylic acids is 1. The number of pyridine rings is 2. The van der Waals surface area contributed by atoms with E-state index in [1.54, 1.807) is 42.7 Å². The Kier molecular flexibility index (Phi) is 11.3. The number of hydrazine groups is 1. The molecule has 2 aromatic carbocycles. The average Bonchev–Trinajstić information content (AvgIpc) is 3.56. The number of aromatic amines is 1. The van der Waals surface area contributed by atoms with Crippen LogP contribution in [-0.4, -0.2) is 50.7 Å². The van der Waals surface area contributed by atoms with Gasteiger partial charge >= 0.3 is 0 Å². The van der Waals surface area contributed by atoms with Crippen LogP contribution in [0.25, 0.3) is 32.9 Å². The van der Waals surface area contributed by atoms with Gasteiger partial charge in [0.05, 0.1) is 27.7 Å². The summed E-state index contributed by atoms with van der Waals surface area (Å²) in [5, 5.41) is 18.4. The number of amidine groups is 1. The smallest absolute Gasteiger partial charge is 0.226 e. The van der Waals surface area contributed by atoms with E-state index in [2.05, 4.69) is 43.0 Å². The number of H-pyrrole nitrogens is 1. The highest BCUT2D eigenvalue weighted by atomic mass is 35.5. The maximum Gasteiger partial charge on any atom is 0.226 e. The molecule has 3 aliphatic heterocycles. The topological polar surface area (TPSA) is 174 Å². The predicted molar refractivity (Wildman–Crippen MR) is 211 cm³/mol. The number of aryl methyl sites for hydroxylation is 2. The number of hydrogen-bond donors (Lipinski definition) is 5. The number of fused-ring (bicyclic) bond motifs is 4. The molecule has 0 radical (unpaired) electrons. The molecule has 7 N–H and O–H groups in total. The fourth-order valence-corrected chi connectivity index (χ4v) is 8.11. The van der Waals surface area contributed by atoms with Crippen molar-refractivity contribution in [1.29, 1.82) is 5.26 Å². The van der Waals surface area contributed by atoms with Crippen LogP contribution in [0.4, 0.5) is 4.39 Å². The number of halogens is 3. The molecule has 11 nitrogen and oxygen atoms in total. The third kappa shape index (κ3) is 7.72. The molecule has 5 fully saturated rings. The van der Waals surface area contributed by atoms with Gasteiger partial charge in [-0.1, -0.05) is 35.3 Å². The van der Waals surface area contributed by atoms with Gasteiger partial charge in [-0.25, -0.2) is 20.8 Å². The Hall–Kier alpha value is -4.80. The van der Waals surface area contributed by atoms with Crippen LogP contribution in [0.1, 0.15) is 73.5 Å². The summed E-state index contributed by atoms with van der Waals surface area (Å²) in [5.74, 6) is 6.26. The molecule has 2 bridgehead atoms. The summed E-state index contributed by atoms with van der Waals surface area (Å²) in [7, 11) is 0. The number of aromatic nitrogens is 3. The molecule has 1 amide bonds. The first-order valence-corrected chi connectivity index (χ1v) is 19.1. The van der Waals surface area contributed by atoms with Gasteiger partial charge in [-0.2, -0.15) is 5.26 Å². The summed E-state index contributed by atoms with van der Waals surface area (Å²) in [6.07, 6.45) is 10.6. The van der Waals surface area contributed by atoms with Gasteiger partial charge < -0.3 is 20.9 Å². The van der Waals surface area contributed by atoms with Crippen molar-refractivity contribution in [3.05, 3.63) is 93.2 Å². The Bertz CT molecular complexity index is 2230. The van der Waals surface area contributed by atoms with E-state index < -0.39 is 5.82 Å². The largest absolute Gasteiger partial charge is 0.382 e. The van der Waals surface area contributed by atoms with Gasteiger partial charge in [0.15, 0.2) is 11.7 Å². The summed E-state index contributed by atoms with van der Waals surface area (Å²) in [6, 6.07) is 15.8. The number of nitriles is 1. The Labute approximate surface area is 323 Å². The number of nitrogens with two attached hydrogens (primary N) is 2. The zero-order valence-corrected chi connectivity index (χ0v) is 31.5. The van der Waals surface area contributed by atoms with E-state index in [1.165, 1.54) is 19.4 Å². The lowest BCUT2D eigenvalue weighted by atomic mass is 9.87. The van der Waals surface area contributed by atoms with Crippen LogP contribution in [0.15, 0.2) is 60.0 Å². The molecule has 10 rings (SSSR count). The van der Waals surface area contributed by atoms with Crippen molar-refractivity contribution in [3.63, 3.8) is 0 Å². The standard InChI is InChI=1S/C29H25Cl2FN4O.C6H9N5.C5H9N/c1-15-19-14-22(23-8-4-12-36(23)29(37)16-9-10-16)35-27(19)20-13-17(5-3-11-33)24(26(32)28(20)34-15)18-6-2-7-21(30)25(18)31;7-6(10-11-8)5-2-1-3-9-4-5;1-4-2-5(1)6-3-4/h2,6-7,13-14,16,23,35H,3-5,8-10,12H2,1H3;1-4,11H,8H2,(H2,7,10);4-6H,1-3H2. The van der Waals surface area contributed by atoms with E-state index in [4.69, 9.17) is 34.8 Å². The van der Waals surface area contributed by atoms with Crippen LogP contribution >= 0.6 is 23.2 Å². The van der Waals surface area contributed by atoms with Gasteiger partial charge in [-0.05, 0) is 100 Å². The van der Waals surface area contributed by atoms with Crippen LogP contribution in [-0.2, 0) is 11.2 Å². The second-order valence-electron chi connectivity index (χ2n) is 14.4. The Morgan fingerprint density at radius 3 is 2.63 bits per heavy atom. The molecule has 2 saturated carbocycles. The number of benzene rings is 2. The molecular weight excluding hydrogens is 726 g/mol. The van der Waals surface area contributed by atoms with Crippen molar-refractivity contribution in [2.24, 2.45) is 28.5 Å². The summed E-state index contributed by atoms with van der Waals surface area (Å²) < 4.78 is 16.3. The Morgan fingerprint density at radius 1 is 1.17 bits per heavy atom. The van der Waals surface area contributed by atoms with Crippen molar-refractivity contribution in [2.45, 2.75) is 70.4 Å². The van der Waals surface area contributed by atoms with Crippen molar-refractivity contribution in [3.8, 4) is 17.2 Å². The molecule has 1 atom stereocenters. The van der Waals surface area contributed by atoms with Gasteiger partial charge in [-0.3, -0.25) is 9.78 Å². The highest BCUT2D eigenvalue weighted by Gasteiger charge is 2.39. The van der Waals surface area contributed by atoms with Crippen molar-refractivity contribution in [2.75, 3.05) is 13.1 Å². The minimum Gasteiger partial charge on any atom is -0.382 e. The highest BCUT2D eigenvalue weighted by molar-refractivity contribution is 6.43. The number of hydrazone groups is 1. The molecule has 0 spiro atoms. The van der Waals surface area contributed by atoms with Crippen molar-refractivity contribution in [1.82, 2.24) is 30.7 Å². The van der Waals surface area contributed by atoms with Crippen molar-refractivity contribution < 1.29 is 9.18 Å². The minimum absolute atomic E-state index is 0.0117. The maximum atomic E-state index is 16.3. The third-order valence-corrected chi connectivity index (χ3v) is 11.5. The average molecular weight is 770 g/mol. The summed E-state index contributed by atoms with van der Waals surface area (Å²) >= 11 is 12.8. The summed E-state index contributed by atoms with van der Waals surface area (Å²) in [4.78, 5) is 27.0. The number of likely N-dealkylation sites (tertiary alicyclic amines) is 1. The number of rotatable bonds is 7. The van der Waals surface area contributed by atoms with Gasteiger partial charge in [0.25, 0.3) is 0 Å². The van der Waals surface area contributed by atoms with E-state index in [-0.39, 0.29) is 34.8 Å². The predicted octanol–water partition coefficient (Wildman–Crippen LogP) is 7.20. The fourth-order valence-electron chi connectivity index (χ4n) is 7.72. The van der Waals surface area contributed by atoms with Crippen LogP contribution in [0.3, 0.4) is 0 Å². The molecule has 1 unspecified atom stereocenters. The van der Waals surface area contributed by atoms with Gasteiger partial charge in [0, 0.05) is 76.2 Å². The quantitative estimate of drug-likeness (QED) is 0.0500. The van der Waals surface area contributed by atoms with E-state index in [1.807, 2.05) is 17.9 Å². The second kappa shape index (κ2) is 16.3. The zero-order valence-electron chi connectivity index (χ0n) is 30.0. The van der Waals surface area contributed by atoms with Crippen LogP contribution < -0.4 is 22.4 Å². The first-order valence-electron chi connectivity index (χ1n) is 18.4. The summed E-state index contributed by atoms with van der Waals surface area (Å²) in [6.45, 7) is 3.95. The number of nitrogens with one attached hydrogen (secondary N) is 3. The normalized spacial score (nSPS) is 20.1. The van der Waals surface area contributed by atoms with E-state index in [9.17, 15) is 10.1 Å². The lowest BCUT2D eigenvalue weighted by Crippen LogP contribution is -2.31.